The Labute approximate surface area is 168 Å². The summed E-state index contributed by atoms with van der Waals surface area (Å²) < 4.78 is 21.4. The van der Waals surface area contributed by atoms with Gasteiger partial charge in [-0.15, -0.1) is 0 Å². The number of hydrogen-bond donors (Lipinski definition) is 1. The number of rotatable bonds is 5. The van der Waals surface area contributed by atoms with Crippen molar-refractivity contribution in [1.82, 2.24) is 19.5 Å². The van der Waals surface area contributed by atoms with Crippen molar-refractivity contribution in [2.45, 2.75) is 40.2 Å². The third-order valence-electron chi connectivity index (χ3n) is 4.66. The Morgan fingerprint density at radius 1 is 1.00 bits per heavy atom. The normalized spacial score (nSPS) is 11.8. The number of hydrogen-bond acceptors (Lipinski definition) is 5. The van der Waals surface area contributed by atoms with Crippen LogP contribution in [0.3, 0.4) is 0 Å². The van der Waals surface area contributed by atoms with Crippen LogP contribution < -0.4 is 5.73 Å². The summed E-state index contributed by atoms with van der Waals surface area (Å²) in [5, 5.41) is 0. The van der Waals surface area contributed by atoms with Gasteiger partial charge in [-0.3, -0.25) is 4.57 Å². The van der Waals surface area contributed by atoms with E-state index in [9.17, 15) is 4.39 Å². The van der Waals surface area contributed by atoms with Crippen LogP contribution in [0.15, 0.2) is 40.8 Å². The Balaban J connectivity index is 1.89. The van der Waals surface area contributed by atoms with Crippen LogP contribution in [0.1, 0.15) is 39.5 Å². The zero-order chi connectivity index (χ0) is 20.7. The first-order valence-electron chi connectivity index (χ1n) is 9.73. The smallest absolute Gasteiger partial charge is 0.202 e. The quantitative estimate of drug-likeness (QED) is 0.500. The number of halogens is 1. The molecule has 4 rings (SSSR count). The minimum Gasteiger partial charge on any atom is -0.438 e. The van der Waals surface area contributed by atoms with Crippen molar-refractivity contribution in [2.24, 2.45) is 5.92 Å². The van der Waals surface area contributed by atoms with Crippen LogP contribution in [-0.2, 0) is 6.54 Å². The first-order chi connectivity index (χ1) is 13.8. The molecular formula is C22H24FN5O. The van der Waals surface area contributed by atoms with Crippen molar-refractivity contribution >= 4 is 17.1 Å². The first-order valence-corrected chi connectivity index (χ1v) is 9.73. The van der Waals surface area contributed by atoms with Crippen LogP contribution in [0, 0.1) is 11.7 Å². The van der Waals surface area contributed by atoms with Crippen molar-refractivity contribution in [3.63, 3.8) is 0 Å². The Morgan fingerprint density at radius 2 is 1.72 bits per heavy atom. The Morgan fingerprint density at radius 3 is 2.38 bits per heavy atom. The van der Waals surface area contributed by atoms with Gasteiger partial charge in [0.25, 0.3) is 0 Å². The van der Waals surface area contributed by atoms with Crippen LogP contribution in [0.4, 0.5) is 10.3 Å². The number of fused-ring (bicyclic) bond motifs is 1. The lowest BCUT2D eigenvalue weighted by Gasteiger charge is -2.09. The molecule has 0 unspecified atom stereocenters. The van der Waals surface area contributed by atoms with E-state index < -0.39 is 0 Å². The SMILES string of the molecule is CC(C)Cn1c(N)nc2ccc(-c3oc(C(C)C)nc3-c3ccc(F)cc3)nc21. The van der Waals surface area contributed by atoms with Crippen molar-refractivity contribution < 1.29 is 8.81 Å². The number of nitrogens with two attached hydrogens (primary N) is 1. The highest BCUT2D eigenvalue weighted by Gasteiger charge is 2.21. The fourth-order valence-corrected chi connectivity index (χ4v) is 3.25. The van der Waals surface area contributed by atoms with Crippen molar-refractivity contribution in [1.29, 1.82) is 0 Å². The predicted octanol–water partition coefficient (Wildman–Crippen LogP) is 5.25. The number of pyridine rings is 1. The summed E-state index contributed by atoms with van der Waals surface area (Å²) in [4.78, 5) is 13.9. The first kappa shape index (κ1) is 19.1. The highest BCUT2D eigenvalue weighted by Crippen LogP contribution is 2.34. The van der Waals surface area contributed by atoms with Gasteiger partial charge >= 0.3 is 0 Å². The van der Waals surface area contributed by atoms with Crippen molar-refractivity contribution in [3.05, 3.63) is 48.1 Å². The molecule has 0 radical (unpaired) electrons. The molecular weight excluding hydrogens is 369 g/mol. The molecule has 0 amide bonds. The van der Waals surface area contributed by atoms with E-state index in [0.29, 0.717) is 40.6 Å². The molecule has 0 fully saturated rings. The van der Waals surface area contributed by atoms with Crippen LogP contribution in [0.5, 0.6) is 0 Å². The van der Waals surface area contributed by atoms with Gasteiger partial charge in [0.1, 0.15) is 22.7 Å². The summed E-state index contributed by atoms with van der Waals surface area (Å²) in [7, 11) is 0. The van der Waals surface area contributed by atoms with Gasteiger partial charge in [-0.1, -0.05) is 27.7 Å². The third kappa shape index (κ3) is 3.60. The number of anilines is 1. The van der Waals surface area contributed by atoms with E-state index in [1.807, 2.05) is 30.5 Å². The van der Waals surface area contributed by atoms with Gasteiger partial charge in [-0.2, -0.15) is 0 Å². The molecule has 2 N–H and O–H groups in total. The average Bonchev–Trinajstić information content (AvgIpc) is 3.24. The van der Waals surface area contributed by atoms with E-state index in [1.165, 1.54) is 12.1 Å². The maximum atomic E-state index is 13.4. The monoisotopic (exact) mass is 393 g/mol. The maximum Gasteiger partial charge on any atom is 0.202 e. The fourth-order valence-electron chi connectivity index (χ4n) is 3.25. The number of nitrogens with zero attached hydrogens (tertiary/aromatic N) is 4. The summed E-state index contributed by atoms with van der Waals surface area (Å²) in [6.45, 7) is 8.98. The standard InChI is InChI=1S/C22H24FN5O/c1-12(2)11-28-20-17(26-22(28)24)10-9-16(25-20)19-18(27-21(29-19)13(3)4)14-5-7-15(23)8-6-14/h5-10,12-13H,11H2,1-4H3,(H2,24,26). The van der Waals surface area contributed by atoms with Gasteiger partial charge in [0, 0.05) is 18.0 Å². The van der Waals surface area contributed by atoms with Crippen LogP contribution in [-0.4, -0.2) is 19.5 Å². The van der Waals surface area contributed by atoms with Gasteiger partial charge in [-0.25, -0.2) is 19.3 Å². The highest BCUT2D eigenvalue weighted by molar-refractivity contribution is 5.81. The Kier molecular flexibility index (Phi) is 4.82. The molecule has 29 heavy (non-hydrogen) atoms. The molecule has 3 heterocycles. The van der Waals surface area contributed by atoms with Crippen LogP contribution >= 0.6 is 0 Å². The summed E-state index contributed by atoms with van der Waals surface area (Å²) in [6, 6.07) is 9.96. The molecule has 3 aromatic heterocycles. The second-order valence-corrected chi connectivity index (χ2v) is 7.91. The summed E-state index contributed by atoms with van der Waals surface area (Å²) in [5.74, 6) is 1.81. The van der Waals surface area contributed by atoms with Crippen LogP contribution in [0.25, 0.3) is 33.9 Å². The number of aromatic nitrogens is 4. The fraction of sp³-hybridized carbons (Fsp3) is 0.318. The summed E-state index contributed by atoms with van der Waals surface area (Å²) >= 11 is 0. The number of benzene rings is 1. The Bertz CT molecular complexity index is 1160. The van der Waals surface area contributed by atoms with Gasteiger partial charge in [-0.05, 0) is 42.3 Å². The molecule has 0 saturated heterocycles. The van der Waals surface area contributed by atoms with Crippen molar-refractivity contribution in [2.75, 3.05) is 5.73 Å². The molecule has 0 saturated carbocycles. The molecule has 7 heteroatoms. The maximum absolute atomic E-state index is 13.4. The lowest BCUT2D eigenvalue weighted by molar-refractivity contribution is 0.480. The molecule has 0 spiro atoms. The highest BCUT2D eigenvalue weighted by atomic mass is 19.1. The molecule has 0 aliphatic rings. The number of nitrogen functional groups attached to an aromatic ring is 1. The van der Waals surface area contributed by atoms with Crippen molar-refractivity contribution in [3.8, 4) is 22.7 Å². The van der Waals surface area contributed by atoms with Gasteiger partial charge in [0.15, 0.2) is 17.3 Å². The van der Waals surface area contributed by atoms with Gasteiger partial charge < -0.3 is 10.2 Å². The summed E-state index contributed by atoms with van der Waals surface area (Å²) in [5.41, 5.74) is 9.61. The topological polar surface area (TPSA) is 82.8 Å². The Hall–Kier alpha value is -3.22. The lowest BCUT2D eigenvalue weighted by atomic mass is 10.1. The average molecular weight is 393 g/mol. The molecule has 0 atom stereocenters. The molecule has 0 aliphatic heterocycles. The van der Waals surface area contributed by atoms with E-state index in [4.69, 9.17) is 15.1 Å². The minimum atomic E-state index is -0.296. The number of oxazole rings is 1. The van der Waals surface area contributed by atoms with E-state index in [-0.39, 0.29) is 11.7 Å². The third-order valence-corrected chi connectivity index (χ3v) is 4.66. The largest absolute Gasteiger partial charge is 0.438 e. The molecule has 6 nitrogen and oxygen atoms in total. The van der Waals surface area contributed by atoms with E-state index in [0.717, 1.165) is 17.6 Å². The van der Waals surface area contributed by atoms with E-state index in [1.54, 1.807) is 12.1 Å². The molecule has 4 aromatic rings. The second-order valence-electron chi connectivity index (χ2n) is 7.91. The van der Waals surface area contributed by atoms with Crippen LogP contribution in [0.2, 0.25) is 0 Å². The lowest BCUT2D eigenvalue weighted by Crippen LogP contribution is -2.08. The molecule has 150 valence electrons. The summed E-state index contributed by atoms with van der Waals surface area (Å²) in [6.07, 6.45) is 0. The molecule has 0 bridgehead atoms. The number of imidazole rings is 1. The zero-order valence-electron chi connectivity index (χ0n) is 17.0. The van der Waals surface area contributed by atoms with Gasteiger partial charge in [0.05, 0.1) is 0 Å². The molecule has 0 aliphatic carbocycles. The minimum absolute atomic E-state index is 0.105. The molecule has 1 aromatic carbocycles. The predicted molar refractivity (Wildman–Crippen MR) is 112 cm³/mol. The second kappa shape index (κ2) is 7.31. The van der Waals surface area contributed by atoms with Gasteiger partial charge in [0.2, 0.25) is 5.95 Å². The van der Waals surface area contributed by atoms with E-state index in [2.05, 4.69) is 23.8 Å². The van der Waals surface area contributed by atoms with E-state index >= 15 is 0 Å². The zero-order valence-corrected chi connectivity index (χ0v) is 17.0.